The standard InChI is InChI=1S/C27H28FN3O2/c1-30(20-22-7-11-23(12-8-22)31-16-3-2-4-17-31)27(32)14-10-21-9-13-26(25(28)18-21)33-24-6-5-15-29-19-24/h5-15,18-19H,2-4,16-17,20H2,1H3/b14-10+. The molecule has 0 aliphatic carbocycles. The summed E-state index contributed by atoms with van der Waals surface area (Å²) in [6, 6.07) is 16.4. The molecular formula is C27H28FN3O2. The topological polar surface area (TPSA) is 45.7 Å². The molecule has 4 rings (SSSR count). The van der Waals surface area contributed by atoms with Crippen LogP contribution in [0.25, 0.3) is 6.08 Å². The van der Waals surface area contributed by atoms with Crippen molar-refractivity contribution in [2.45, 2.75) is 25.8 Å². The first-order chi connectivity index (χ1) is 16.1. The average molecular weight is 446 g/mol. The zero-order chi connectivity index (χ0) is 23.0. The third-order valence-corrected chi connectivity index (χ3v) is 5.69. The first-order valence-electron chi connectivity index (χ1n) is 11.2. The van der Waals surface area contributed by atoms with Gasteiger partial charge in [0.15, 0.2) is 11.6 Å². The van der Waals surface area contributed by atoms with Gasteiger partial charge in [0.1, 0.15) is 5.75 Å². The molecule has 170 valence electrons. The fourth-order valence-corrected chi connectivity index (χ4v) is 3.85. The van der Waals surface area contributed by atoms with Crippen molar-refractivity contribution in [1.29, 1.82) is 0 Å². The van der Waals surface area contributed by atoms with E-state index in [1.54, 1.807) is 48.5 Å². The first kappa shape index (κ1) is 22.5. The molecule has 0 spiro atoms. The third kappa shape index (κ3) is 6.19. The molecule has 33 heavy (non-hydrogen) atoms. The molecule has 2 aromatic carbocycles. The second-order valence-electron chi connectivity index (χ2n) is 8.22. The molecule has 1 amide bonds. The molecule has 1 fully saturated rings. The van der Waals surface area contributed by atoms with Crippen LogP contribution in [0, 0.1) is 5.82 Å². The van der Waals surface area contributed by atoms with Crippen LogP contribution in [0.1, 0.15) is 30.4 Å². The number of anilines is 1. The molecule has 1 aliphatic rings. The van der Waals surface area contributed by atoms with E-state index in [0.717, 1.165) is 18.7 Å². The molecule has 0 bridgehead atoms. The number of halogens is 1. The van der Waals surface area contributed by atoms with Gasteiger partial charge in [-0.25, -0.2) is 4.39 Å². The van der Waals surface area contributed by atoms with E-state index in [4.69, 9.17) is 4.74 Å². The molecule has 0 unspecified atom stereocenters. The van der Waals surface area contributed by atoms with Crippen LogP contribution in [0.2, 0.25) is 0 Å². The maximum absolute atomic E-state index is 14.4. The Hall–Kier alpha value is -3.67. The van der Waals surface area contributed by atoms with Gasteiger partial charge in [-0.15, -0.1) is 0 Å². The van der Waals surface area contributed by atoms with E-state index in [2.05, 4.69) is 34.1 Å². The zero-order valence-electron chi connectivity index (χ0n) is 18.8. The summed E-state index contributed by atoms with van der Waals surface area (Å²) in [5, 5.41) is 0. The first-order valence-corrected chi connectivity index (χ1v) is 11.2. The van der Waals surface area contributed by atoms with Gasteiger partial charge < -0.3 is 14.5 Å². The van der Waals surface area contributed by atoms with Crippen molar-refractivity contribution in [2.75, 3.05) is 25.0 Å². The van der Waals surface area contributed by atoms with Crippen molar-refractivity contribution < 1.29 is 13.9 Å². The molecule has 0 saturated carbocycles. The highest BCUT2D eigenvalue weighted by Crippen LogP contribution is 2.25. The van der Waals surface area contributed by atoms with Gasteiger partial charge in [0.25, 0.3) is 0 Å². The molecule has 6 heteroatoms. The minimum atomic E-state index is -0.504. The maximum Gasteiger partial charge on any atom is 0.246 e. The number of rotatable bonds is 7. The number of hydrogen-bond acceptors (Lipinski definition) is 4. The van der Waals surface area contributed by atoms with Crippen molar-refractivity contribution in [3.8, 4) is 11.5 Å². The van der Waals surface area contributed by atoms with Gasteiger partial charge in [0.2, 0.25) is 5.91 Å². The van der Waals surface area contributed by atoms with E-state index in [9.17, 15) is 9.18 Å². The lowest BCUT2D eigenvalue weighted by Gasteiger charge is -2.29. The Labute approximate surface area is 194 Å². The number of amides is 1. The van der Waals surface area contributed by atoms with E-state index in [0.29, 0.717) is 17.9 Å². The van der Waals surface area contributed by atoms with Gasteiger partial charge in [0, 0.05) is 44.6 Å². The Balaban J connectivity index is 1.32. The van der Waals surface area contributed by atoms with Gasteiger partial charge >= 0.3 is 0 Å². The van der Waals surface area contributed by atoms with E-state index >= 15 is 0 Å². The quantitative estimate of drug-likeness (QED) is 0.439. The van der Waals surface area contributed by atoms with Crippen molar-refractivity contribution in [1.82, 2.24) is 9.88 Å². The highest BCUT2D eigenvalue weighted by Gasteiger charge is 2.12. The number of likely N-dealkylation sites (N-methyl/N-ethyl adjacent to an activating group) is 1. The summed E-state index contributed by atoms with van der Waals surface area (Å²) in [6.45, 7) is 2.73. The summed E-state index contributed by atoms with van der Waals surface area (Å²) in [6.07, 6.45) is 10.0. The van der Waals surface area contributed by atoms with Gasteiger partial charge in [-0.2, -0.15) is 0 Å². The van der Waals surface area contributed by atoms with Gasteiger partial charge in [-0.05, 0) is 72.9 Å². The summed E-state index contributed by atoms with van der Waals surface area (Å²) in [7, 11) is 1.76. The van der Waals surface area contributed by atoms with Crippen LogP contribution in [-0.4, -0.2) is 35.9 Å². The summed E-state index contributed by atoms with van der Waals surface area (Å²) >= 11 is 0. The molecule has 5 nitrogen and oxygen atoms in total. The number of hydrogen-bond donors (Lipinski definition) is 0. The van der Waals surface area contributed by atoms with Gasteiger partial charge in [-0.3, -0.25) is 9.78 Å². The number of piperidine rings is 1. The number of pyridine rings is 1. The summed E-state index contributed by atoms with van der Waals surface area (Å²) in [5.41, 5.74) is 2.90. The van der Waals surface area contributed by atoms with Crippen molar-refractivity contribution in [2.24, 2.45) is 0 Å². The van der Waals surface area contributed by atoms with Crippen molar-refractivity contribution in [3.05, 3.63) is 90.0 Å². The highest BCUT2D eigenvalue weighted by atomic mass is 19.1. The Morgan fingerprint density at radius 2 is 1.91 bits per heavy atom. The predicted octanol–water partition coefficient (Wildman–Crippen LogP) is 5.68. The maximum atomic E-state index is 14.4. The number of ether oxygens (including phenoxy) is 1. The van der Waals surface area contributed by atoms with Crippen LogP contribution in [0.15, 0.2) is 73.1 Å². The zero-order valence-corrected chi connectivity index (χ0v) is 18.8. The Kier molecular flexibility index (Phi) is 7.35. The lowest BCUT2D eigenvalue weighted by Crippen LogP contribution is -2.29. The van der Waals surface area contributed by atoms with E-state index in [1.165, 1.54) is 43.3 Å². The lowest BCUT2D eigenvalue weighted by molar-refractivity contribution is -0.125. The van der Waals surface area contributed by atoms with Crippen LogP contribution >= 0.6 is 0 Å². The fraction of sp³-hybridized carbons (Fsp3) is 0.259. The van der Waals surface area contributed by atoms with E-state index in [1.807, 2.05) is 0 Å². The molecule has 0 N–H and O–H groups in total. The molecule has 1 saturated heterocycles. The van der Waals surface area contributed by atoms with Crippen LogP contribution < -0.4 is 9.64 Å². The van der Waals surface area contributed by atoms with Crippen LogP contribution in [0.5, 0.6) is 11.5 Å². The second kappa shape index (κ2) is 10.8. The number of nitrogens with zero attached hydrogens (tertiary/aromatic N) is 3. The third-order valence-electron chi connectivity index (χ3n) is 5.69. The molecular weight excluding hydrogens is 417 g/mol. The minimum absolute atomic E-state index is 0.108. The lowest BCUT2D eigenvalue weighted by atomic mass is 10.1. The summed E-state index contributed by atoms with van der Waals surface area (Å²) in [5.74, 6) is -0.0844. The minimum Gasteiger partial charge on any atom is -0.453 e. The van der Waals surface area contributed by atoms with E-state index in [-0.39, 0.29) is 11.7 Å². The molecule has 0 atom stereocenters. The van der Waals surface area contributed by atoms with Gasteiger partial charge in [-0.1, -0.05) is 18.2 Å². The average Bonchev–Trinajstić information content (AvgIpc) is 2.85. The number of carbonyl (C=O) groups is 1. The molecule has 1 aliphatic heterocycles. The Morgan fingerprint density at radius 1 is 1.12 bits per heavy atom. The fourth-order valence-electron chi connectivity index (χ4n) is 3.85. The Morgan fingerprint density at radius 3 is 2.61 bits per heavy atom. The van der Waals surface area contributed by atoms with Crippen molar-refractivity contribution in [3.63, 3.8) is 0 Å². The number of benzene rings is 2. The Bertz CT molecular complexity index is 1090. The van der Waals surface area contributed by atoms with Crippen LogP contribution in [-0.2, 0) is 11.3 Å². The molecule has 1 aromatic heterocycles. The molecule has 0 radical (unpaired) electrons. The summed E-state index contributed by atoms with van der Waals surface area (Å²) < 4.78 is 19.9. The van der Waals surface area contributed by atoms with E-state index < -0.39 is 5.82 Å². The normalized spacial score (nSPS) is 13.8. The SMILES string of the molecule is CN(Cc1ccc(N2CCCCC2)cc1)C(=O)/C=C/c1ccc(Oc2cccnc2)c(F)c1. The largest absolute Gasteiger partial charge is 0.453 e. The highest BCUT2D eigenvalue weighted by molar-refractivity contribution is 5.91. The number of carbonyl (C=O) groups excluding carboxylic acids is 1. The monoisotopic (exact) mass is 445 g/mol. The summed E-state index contributed by atoms with van der Waals surface area (Å²) in [4.78, 5) is 20.5. The van der Waals surface area contributed by atoms with Gasteiger partial charge in [0.05, 0.1) is 6.20 Å². The smallest absolute Gasteiger partial charge is 0.246 e. The van der Waals surface area contributed by atoms with Crippen LogP contribution in [0.3, 0.4) is 0 Å². The molecule has 2 heterocycles. The second-order valence-corrected chi connectivity index (χ2v) is 8.22. The van der Waals surface area contributed by atoms with Crippen LogP contribution in [0.4, 0.5) is 10.1 Å². The predicted molar refractivity (Wildman–Crippen MR) is 129 cm³/mol. The number of aromatic nitrogens is 1. The molecule has 3 aromatic rings. The van der Waals surface area contributed by atoms with Crippen molar-refractivity contribution >= 4 is 17.7 Å².